The summed E-state index contributed by atoms with van der Waals surface area (Å²) in [4.78, 5) is 12.8. The largest absolute Gasteiger partial charge is 0.491 e. The number of nitrogens with one attached hydrogen (secondary N) is 1. The Kier molecular flexibility index (Phi) is 7.60. The van der Waals surface area contributed by atoms with E-state index in [2.05, 4.69) is 5.32 Å². The quantitative estimate of drug-likeness (QED) is 0.458. The molecule has 6 heteroatoms. The van der Waals surface area contributed by atoms with Crippen molar-refractivity contribution in [3.63, 3.8) is 0 Å². The second-order valence-corrected chi connectivity index (χ2v) is 7.43. The third kappa shape index (κ3) is 6.25. The van der Waals surface area contributed by atoms with Crippen LogP contribution in [0.4, 0.5) is 5.69 Å². The van der Waals surface area contributed by atoms with Gasteiger partial charge >= 0.3 is 0 Å². The molecule has 1 heterocycles. The molecule has 1 atom stereocenters. The van der Waals surface area contributed by atoms with Crippen LogP contribution in [-0.2, 0) is 4.74 Å². The molecule has 166 valence electrons. The molecule has 0 aliphatic carbocycles. The van der Waals surface area contributed by atoms with Gasteiger partial charge in [0.2, 0.25) is 0 Å². The van der Waals surface area contributed by atoms with Gasteiger partial charge in [-0.05, 0) is 61.4 Å². The van der Waals surface area contributed by atoms with Crippen molar-refractivity contribution in [2.75, 3.05) is 31.7 Å². The average molecular weight is 434 g/mol. The topological polar surface area (TPSA) is 66.0 Å². The third-order valence-electron chi connectivity index (χ3n) is 5.06. The molecule has 3 aromatic rings. The second-order valence-electron chi connectivity index (χ2n) is 7.43. The van der Waals surface area contributed by atoms with Crippen LogP contribution >= 0.6 is 0 Å². The molecule has 0 radical (unpaired) electrons. The Balaban J connectivity index is 1.28. The normalized spacial score (nSPS) is 15.2. The summed E-state index contributed by atoms with van der Waals surface area (Å²) >= 11 is 0. The summed E-state index contributed by atoms with van der Waals surface area (Å²) in [5.41, 5.74) is 1.15. The Morgan fingerprint density at radius 1 is 0.844 bits per heavy atom. The first-order valence-electron chi connectivity index (χ1n) is 10.8. The standard InChI is InChI=1S/C26H27NO5/c28-26(27-20-12-14-22(15-13-20)32-19-23-9-6-16-29-23)24-10-4-5-11-25(24)31-18-17-30-21-7-2-1-3-8-21/h1-5,7-8,10-15,23H,6,9,16-19H2,(H,27,28)/t23-/m1/s1. The number of hydrogen-bond acceptors (Lipinski definition) is 5. The highest BCUT2D eigenvalue weighted by atomic mass is 16.5. The molecule has 1 saturated heterocycles. The van der Waals surface area contributed by atoms with Crippen LogP contribution in [0.5, 0.6) is 17.2 Å². The van der Waals surface area contributed by atoms with E-state index in [1.807, 2.05) is 66.7 Å². The lowest BCUT2D eigenvalue weighted by molar-refractivity contribution is 0.0679. The van der Waals surface area contributed by atoms with E-state index in [0.29, 0.717) is 36.8 Å². The number of carbonyl (C=O) groups excluding carboxylic acids is 1. The van der Waals surface area contributed by atoms with Crippen LogP contribution < -0.4 is 19.5 Å². The van der Waals surface area contributed by atoms with Gasteiger partial charge < -0.3 is 24.3 Å². The van der Waals surface area contributed by atoms with Gasteiger partial charge in [-0.1, -0.05) is 30.3 Å². The second kappa shape index (κ2) is 11.2. The average Bonchev–Trinajstić information content (AvgIpc) is 3.36. The molecule has 1 aliphatic rings. The molecule has 0 unspecified atom stereocenters. The minimum absolute atomic E-state index is 0.170. The molecular formula is C26H27NO5. The number of rotatable bonds is 10. The van der Waals surface area contributed by atoms with Crippen LogP contribution in [0, 0.1) is 0 Å². The summed E-state index contributed by atoms with van der Waals surface area (Å²) in [5, 5.41) is 2.91. The molecule has 0 aromatic heterocycles. The highest BCUT2D eigenvalue weighted by molar-refractivity contribution is 6.06. The minimum Gasteiger partial charge on any atom is -0.491 e. The first-order chi connectivity index (χ1) is 15.8. The number of hydrogen-bond donors (Lipinski definition) is 1. The van der Waals surface area contributed by atoms with E-state index in [-0.39, 0.29) is 12.0 Å². The SMILES string of the molecule is O=C(Nc1ccc(OC[C@H]2CCCO2)cc1)c1ccccc1OCCOc1ccccc1. The van der Waals surface area contributed by atoms with Crippen molar-refractivity contribution < 1.29 is 23.7 Å². The number of para-hydroxylation sites is 2. The highest BCUT2D eigenvalue weighted by Gasteiger charge is 2.16. The van der Waals surface area contributed by atoms with Crippen molar-refractivity contribution in [1.29, 1.82) is 0 Å². The number of ether oxygens (including phenoxy) is 4. The summed E-state index contributed by atoms with van der Waals surface area (Å²) in [6.45, 7) is 2.07. The molecule has 1 amide bonds. The Labute approximate surface area is 188 Å². The van der Waals surface area contributed by atoms with E-state index in [9.17, 15) is 4.79 Å². The van der Waals surface area contributed by atoms with E-state index in [4.69, 9.17) is 18.9 Å². The van der Waals surface area contributed by atoms with E-state index in [1.165, 1.54) is 0 Å². The first kappa shape index (κ1) is 21.7. The van der Waals surface area contributed by atoms with Gasteiger partial charge in [0.1, 0.15) is 37.1 Å². The van der Waals surface area contributed by atoms with Crippen LogP contribution in [0.3, 0.4) is 0 Å². The summed E-state index contributed by atoms with van der Waals surface area (Å²) in [6, 6.07) is 24.0. The van der Waals surface area contributed by atoms with Crippen molar-refractivity contribution in [2.24, 2.45) is 0 Å². The van der Waals surface area contributed by atoms with Gasteiger partial charge in [-0.25, -0.2) is 0 Å². The molecule has 0 spiro atoms. The predicted octanol–water partition coefficient (Wildman–Crippen LogP) is 4.95. The van der Waals surface area contributed by atoms with Gasteiger partial charge in [0, 0.05) is 12.3 Å². The Morgan fingerprint density at radius 2 is 1.56 bits per heavy atom. The van der Waals surface area contributed by atoms with Crippen LogP contribution in [0.1, 0.15) is 23.2 Å². The van der Waals surface area contributed by atoms with Crippen molar-refractivity contribution in [3.8, 4) is 17.2 Å². The number of amides is 1. The predicted molar refractivity (Wildman–Crippen MR) is 123 cm³/mol. The first-order valence-corrected chi connectivity index (χ1v) is 10.8. The monoisotopic (exact) mass is 433 g/mol. The van der Waals surface area contributed by atoms with E-state index in [1.54, 1.807) is 12.1 Å². The maximum Gasteiger partial charge on any atom is 0.259 e. The lowest BCUT2D eigenvalue weighted by atomic mass is 10.2. The molecule has 1 N–H and O–H groups in total. The summed E-state index contributed by atoms with van der Waals surface area (Å²) in [6.07, 6.45) is 2.29. The van der Waals surface area contributed by atoms with Gasteiger partial charge in [0.05, 0.1) is 11.7 Å². The number of carbonyl (C=O) groups is 1. The maximum absolute atomic E-state index is 12.8. The number of benzene rings is 3. The van der Waals surface area contributed by atoms with Gasteiger partial charge in [-0.2, -0.15) is 0 Å². The Bertz CT molecular complexity index is 985. The zero-order chi connectivity index (χ0) is 22.0. The van der Waals surface area contributed by atoms with Crippen LogP contribution in [0.2, 0.25) is 0 Å². The van der Waals surface area contributed by atoms with E-state index in [0.717, 1.165) is 30.9 Å². The van der Waals surface area contributed by atoms with Gasteiger partial charge in [0.15, 0.2) is 0 Å². The molecule has 0 bridgehead atoms. The molecule has 1 fully saturated rings. The van der Waals surface area contributed by atoms with Gasteiger partial charge in [-0.15, -0.1) is 0 Å². The fourth-order valence-corrected chi connectivity index (χ4v) is 3.41. The van der Waals surface area contributed by atoms with Crippen molar-refractivity contribution in [1.82, 2.24) is 0 Å². The summed E-state index contributed by atoms with van der Waals surface area (Å²) < 4.78 is 22.8. The Morgan fingerprint density at radius 3 is 2.34 bits per heavy atom. The van der Waals surface area contributed by atoms with E-state index < -0.39 is 0 Å². The lowest BCUT2D eigenvalue weighted by Crippen LogP contribution is -2.16. The van der Waals surface area contributed by atoms with Crippen LogP contribution in [0.15, 0.2) is 78.9 Å². The summed E-state index contributed by atoms with van der Waals surface area (Å²) in [5.74, 6) is 1.81. The van der Waals surface area contributed by atoms with Gasteiger partial charge in [-0.3, -0.25) is 4.79 Å². The lowest BCUT2D eigenvalue weighted by Gasteiger charge is -2.13. The smallest absolute Gasteiger partial charge is 0.259 e. The zero-order valence-electron chi connectivity index (χ0n) is 17.9. The Hall–Kier alpha value is -3.51. The fraction of sp³-hybridized carbons (Fsp3) is 0.269. The van der Waals surface area contributed by atoms with Crippen molar-refractivity contribution in [3.05, 3.63) is 84.4 Å². The summed E-state index contributed by atoms with van der Waals surface area (Å²) in [7, 11) is 0. The molecular weight excluding hydrogens is 406 g/mol. The minimum atomic E-state index is -0.238. The van der Waals surface area contributed by atoms with Crippen molar-refractivity contribution in [2.45, 2.75) is 18.9 Å². The molecule has 32 heavy (non-hydrogen) atoms. The van der Waals surface area contributed by atoms with Crippen molar-refractivity contribution >= 4 is 11.6 Å². The molecule has 4 rings (SSSR count). The maximum atomic E-state index is 12.8. The molecule has 3 aromatic carbocycles. The van der Waals surface area contributed by atoms with E-state index >= 15 is 0 Å². The fourth-order valence-electron chi connectivity index (χ4n) is 3.41. The molecule has 1 aliphatic heterocycles. The van der Waals surface area contributed by atoms with Gasteiger partial charge in [0.25, 0.3) is 5.91 Å². The molecule has 6 nitrogen and oxygen atoms in total. The van der Waals surface area contributed by atoms with Crippen LogP contribution in [0.25, 0.3) is 0 Å². The highest BCUT2D eigenvalue weighted by Crippen LogP contribution is 2.22. The third-order valence-corrected chi connectivity index (χ3v) is 5.06. The zero-order valence-corrected chi connectivity index (χ0v) is 17.9. The van der Waals surface area contributed by atoms with Crippen LogP contribution in [-0.4, -0.2) is 38.4 Å². The molecule has 0 saturated carbocycles. The number of anilines is 1.